The van der Waals surface area contributed by atoms with Gasteiger partial charge in [0.2, 0.25) is 0 Å². The molecule has 0 bridgehead atoms. The topological polar surface area (TPSA) is 65.8 Å². The van der Waals surface area contributed by atoms with Gasteiger partial charge in [0.15, 0.2) is 0 Å². The first kappa shape index (κ1) is 11.4. The Hall–Kier alpha value is -2.04. The Kier molecular flexibility index (Phi) is 3.27. The number of anilines is 1. The van der Waals surface area contributed by atoms with Crippen molar-refractivity contribution in [3.05, 3.63) is 46.8 Å². The summed E-state index contributed by atoms with van der Waals surface area (Å²) in [5.41, 5.74) is 6.50. The Morgan fingerprint density at radius 2 is 2.06 bits per heavy atom. The fraction of sp³-hybridized carbons (Fsp3) is 0.333. The highest BCUT2D eigenvalue weighted by Crippen LogP contribution is 2.02. The molecule has 2 rings (SSSR count). The van der Waals surface area contributed by atoms with Gasteiger partial charge in [0, 0.05) is 25.1 Å². The lowest BCUT2D eigenvalue weighted by molar-refractivity contribution is 0.624. The van der Waals surface area contributed by atoms with Crippen molar-refractivity contribution in [3.8, 4) is 0 Å². The second-order valence-corrected chi connectivity index (χ2v) is 3.99. The third kappa shape index (κ3) is 2.55. The fourth-order valence-corrected chi connectivity index (χ4v) is 1.71. The van der Waals surface area contributed by atoms with Crippen molar-refractivity contribution >= 4 is 5.82 Å². The highest BCUT2D eigenvalue weighted by atomic mass is 16.1. The first-order valence-corrected chi connectivity index (χ1v) is 5.66. The van der Waals surface area contributed by atoms with Crippen molar-refractivity contribution in [2.75, 3.05) is 5.73 Å². The van der Waals surface area contributed by atoms with Gasteiger partial charge in [0.05, 0.1) is 6.54 Å². The predicted octanol–water partition coefficient (Wildman–Crippen LogP) is 1.09. The maximum Gasteiger partial charge on any atom is 0.328 e. The van der Waals surface area contributed by atoms with Crippen molar-refractivity contribution < 1.29 is 0 Å². The summed E-state index contributed by atoms with van der Waals surface area (Å²) in [4.78, 5) is 15.9. The molecule has 0 radical (unpaired) electrons. The third-order valence-electron chi connectivity index (χ3n) is 2.58. The molecule has 0 atom stereocenters. The van der Waals surface area contributed by atoms with E-state index in [1.807, 2.05) is 19.2 Å². The van der Waals surface area contributed by atoms with E-state index in [4.69, 9.17) is 5.73 Å². The van der Waals surface area contributed by atoms with Crippen LogP contribution in [0, 0.1) is 0 Å². The monoisotopic (exact) mass is 232 g/mol. The van der Waals surface area contributed by atoms with E-state index >= 15 is 0 Å². The number of aryl methyl sites for hydroxylation is 1. The molecule has 90 valence electrons. The molecule has 17 heavy (non-hydrogen) atoms. The largest absolute Gasteiger partial charge is 0.384 e. The van der Waals surface area contributed by atoms with Crippen LogP contribution in [0.1, 0.15) is 18.9 Å². The van der Waals surface area contributed by atoms with Crippen LogP contribution < -0.4 is 11.4 Å². The van der Waals surface area contributed by atoms with Crippen LogP contribution in [-0.4, -0.2) is 14.1 Å². The second-order valence-electron chi connectivity index (χ2n) is 3.99. The number of pyridine rings is 1. The van der Waals surface area contributed by atoms with Gasteiger partial charge in [-0.2, -0.15) is 0 Å². The highest BCUT2D eigenvalue weighted by Gasteiger charge is 2.03. The van der Waals surface area contributed by atoms with Crippen LogP contribution in [-0.2, 0) is 13.1 Å². The smallest absolute Gasteiger partial charge is 0.328 e. The van der Waals surface area contributed by atoms with Crippen molar-refractivity contribution in [3.63, 3.8) is 0 Å². The van der Waals surface area contributed by atoms with Crippen molar-refractivity contribution in [2.45, 2.75) is 26.4 Å². The normalized spacial score (nSPS) is 10.6. The van der Waals surface area contributed by atoms with E-state index in [0.29, 0.717) is 12.4 Å². The van der Waals surface area contributed by atoms with Gasteiger partial charge in [-0.05, 0) is 18.1 Å². The second kappa shape index (κ2) is 4.86. The summed E-state index contributed by atoms with van der Waals surface area (Å²) < 4.78 is 3.38. The quantitative estimate of drug-likeness (QED) is 0.858. The summed E-state index contributed by atoms with van der Waals surface area (Å²) >= 11 is 0. The van der Waals surface area contributed by atoms with Gasteiger partial charge in [0.25, 0.3) is 0 Å². The van der Waals surface area contributed by atoms with Gasteiger partial charge in [-0.1, -0.05) is 13.0 Å². The summed E-state index contributed by atoms with van der Waals surface area (Å²) in [5, 5.41) is 0. The maximum absolute atomic E-state index is 11.9. The molecule has 0 aromatic carbocycles. The van der Waals surface area contributed by atoms with E-state index < -0.39 is 0 Å². The van der Waals surface area contributed by atoms with Gasteiger partial charge in [-0.3, -0.25) is 9.13 Å². The SMILES string of the molecule is CCCn1ccn(Cc2ccc(N)nc2)c1=O. The molecular weight excluding hydrogens is 216 g/mol. The van der Waals surface area contributed by atoms with Gasteiger partial charge >= 0.3 is 5.69 Å². The molecular formula is C12H16N4O. The first-order chi connectivity index (χ1) is 8.20. The van der Waals surface area contributed by atoms with E-state index in [1.165, 1.54) is 0 Å². The molecule has 0 unspecified atom stereocenters. The van der Waals surface area contributed by atoms with Crippen LogP contribution in [0.4, 0.5) is 5.82 Å². The van der Waals surface area contributed by atoms with Crippen LogP contribution in [0.5, 0.6) is 0 Å². The van der Waals surface area contributed by atoms with Crippen molar-refractivity contribution in [2.24, 2.45) is 0 Å². The molecule has 0 spiro atoms. The van der Waals surface area contributed by atoms with Crippen molar-refractivity contribution in [1.29, 1.82) is 0 Å². The Balaban J connectivity index is 2.19. The third-order valence-corrected chi connectivity index (χ3v) is 2.58. The number of imidazole rings is 1. The number of aromatic nitrogens is 3. The average Bonchev–Trinajstić information content (AvgIpc) is 2.65. The fourth-order valence-electron chi connectivity index (χ4n) is 1.71. The van der Waals surface area contributed by atoms with Crippen molar-refractivity contribution in [1.82, 2.24) is 14.1 Å². The van der Waals surface area contributed by atoms with Crippen LogP contribution in [0.3, 0.4) is 0 Å². The summed E-state index contributed by atoms with van der Waals surface area (Å²) in [6.07, 6.45) is 6.26. The van der Waals surface area contributed by atoms with Gasteiger partial charge in [0.1, 0.15) is 5.82 Å². The van der Waals surface area contributed by atoms with E-state index in [9.17, 15) is 4.79 Å². The number of nitrogens with zero attached hydrogens (tertiary/aromatic N) is 3. The minimum absolute atomic E-state index is 0.0173. The van der Waals surface area contributed by atoms with Gasteiger partial charge < -0.3 is 5.73 Å². The summed E-state index contributed by atoms with van der Waals surface area (Å²) in [6, 6.07) is 3.62. The Morgan fingerprint density at radius 1 is 1.29 bits per heavy atom. The first-order valence-electron chi connectivity index (χ1n) is 5.66. The molecule has 0 saturated heterocycles. The number of nitrogen functional groups attached to an aromatic ring is 1. The Labute approximate surface area is 99.5 Å². The highest BCUT2D eigenvalue weighted by molar-refractivity contribution is 5.29. The minimum Gasteiger partial charge on any atom is -0.384 e. The number of rotatable bonds is 4. The van der Waals surface area contributed by atoms with Crippen LogP contribution in [0.25, 0.3) is 0 Å². The molecule has 0 aliphatic carbocycles. The summed E-state index contributed by atoms with van der Waals surface area (Å²) in [6.45, 7) is 3.34. The molecule has 5 nitrogen and oxygen atoms in total. The Morgan fingerprint density at radius 3 is 2.71 bits per heavy atom. The molecule has 2 aromatic heterocycles. The lowest BCUT2D eigenvalue weighted by atomic mass is 10.3. The zero-order chi connectivity index (χ0) is 12.3. The van der Waals surface area contributed by atoms with Crippen LogP contribution >= 0.6 is 0 Å². The van der Waals surface area contributed by atoms with Crippen LogP contribution in [0.15, 0.2) is 35.5 Å². The molecule has 0 aliphatic heterocycles. The zero-order valence-electron chi connectivity index (χ0n) is 9.84. The van der Waals surface area contributed by atoms with E-state index in [-0.39, 0.29) is 5.69 Å². The molecule has 0 aliphatic rings. The van der Waals surface area contributed by atoms with E-state index in [2.05, 4.69) is 4.98 Å². The van der Waals surface area contributed by atoms with Gasteiger partial charge in [-0.25, -0.2) is 9.78 Å². The molecule has 2 aromatic rings. The minimum atomic E-state index is 0.0173. The molecule has 0 amide bonds. The van der Waals surface area contributed by atoms with E-state index in [0.717, 1.165) is 18.5 Å². The molecule has 5 heteroatoms. The zero-order valence-corrected chi connectivity index (χ0v) is 9.84. The molecule has 2 N–H and O–H groups in total. The lowest BCUT2D eigenvalue weighted by Crippen LogP contribution is -2.24. The Bertz CT molecular complexity index is 538. The maximum atomic E-state index is 11.9. The summed E-state index contributed by atoms with van der Waals surface area (Å²) in [7, 11) is 0. The number of hydrogen-bond acceptors (Lipinski definition) is 3. The molecule has 0 fully saturated rings. The lowest BCUT2D eigenvalue weighted by Gasteiger charge is -2.02. The number of hydrogen-bond donors (Lipinski definition) is 1. The standard InChI is InChI=1S/C12H16N4O/c1-2-5-15-6-7-16(12(15)17)9-10-3-4-11(13)14-8-10/h3-4,6-8H,2,5,9H2,1H3,(H2,13,14). The van der Waals surface area contributed by atoms with Gasteiger partial charge in [-0.15, -0.1) is 0 Å². The van der Waals surface area contributed by atoms with Crippen LogP contribution in [0.2, 0.25) is 0 Å². The summed E-state index contributed by atoms with van der Waals surface area (Å²) in [5.74, 6) is 0.490. The molecule has 0 saturated carbocycles. The number of nitrogens with two attached hydrogens (primary N) is 1. The molecule has 2 heterocycles. The predicted molar refractivity (Wildman–Crippen MR) is 66.7 cm³/mol. The van der Waals surface area contributed by atoms with E-state index in [1.54, 1.807) is 27.6 Å². The average molecular weight is 232 g/mol.